The molecule has 22 heavy (non-hydrogen) atoms. The molecule has 0 saturated carbocycles. The molecule has 2 rings (SSSR count). The fourth-order valence-corrected chi connectivity index (χ4v) is 1.95. The number of amides is 1. The molecule has 1 amide bonds. The fraction of sp³-hybridized carbons (Fsp3) is 0.235. The highest BCUT2D eigenvalue weighted by Gasteiger charge is 2.22. The van der Waals surface area contributed by atoms with Crippen LogP contribution in [0.3, 0.4) is 0 Å². The molecule has 0 aliphatic heterocycles. The molecule has 1 unspecified atom stereocenters. The number of ether oxygens (including phenoxy) is 1. The van der Waals surface area contributed by atoms with Gasteiger partial charge in [0.1, 0.15) is 0 Å². The van der Waals surface area contributed by atoms with Crippen LogP contribution in [0.1, 0.15) is 29.3 Å². The number of hydrogen-bond donors (Lipinski definition) is 1. The number of nitrogens with one attached hydrogen (secondary N) is 1. The van der Waals surface area contributed by atoms with E-state index in [2.05, 4.69) is 10.3 Å². The number of carbonyl (C=O) groups is 2. The Morgan fingerprint density at radius 3 is 2.73 bits per heavy atom. The first-order valence-corrected chi connectivity index (χ1v) is 7.08. The standard InChI is InChI=1S/C17H18N2O3/c1-3-15(22-17(21)13-7-5-9-18-11-13)16(20)19-14-8-4-6-12(2)10-14/h4-11,15H,3H2,1-2H3,(H,19,20). The van der Waals surface area contributed by atoms with Crippen molar-refractivity contribution < 1.29 is 14.3 Å². The maximum absolute atomic E-state index is 12.2. The van der Waals surface area contributed by atoms with Gasteiger partial charge in [0.2, 0.25) is 0 Å². The third-order valence-corrected chi connectivity index (χ3v) is 3.10. The summed E-state index contributed by atoms with van der Waals surface area (Å²) in [4.78, 5) is 28.1. The summed E-state index contributed by atoms with van der Waals surface area (Å²) in [6.45, 7) is 3.73. The van der Waals surface area contributed by atoms with Crippen LogP contribution in [0.2, 0.25) is 0 Å². The van der Waals surface area contributed by atoms with Crippen molar-refractivity contribution in [1.82, 2.24) is 4.98 Å². The van der Waals surface area contributed by atoms with Gasteiger partial charge in [0.25, 0.3) is 5.91 Å². The highest BCUT2D eigenvalue weighted by atomic mass is 16.5. The van der Waals surface area contributed by atoms with Gasteiger partial charge in [-0.3, -0.25) is 9.78 Å². The molecule has 0 spiro atoms. The van der Waals surface area contributed by atoms with Gasteiger partial charge in [0.05, 0.1) is 5.56 Å². The third kappa shape index (κ3) is 4.15. The highest BCUT2D eigenvalue weighted by Crippen LogP contribution is 2.12. The molecule has 1 atom stereocenters. The second kappa shape index (κ2) is 7.36. The molecule has 0 fully saturated rings. The Kier molecular flexibility index (Phi) is 5.25. The fourth-order valence-electron chi connectivity index (χ4n) is 1.95. The zero-order valence-electron chi connectivity index (χ0n) is 12.6. The lowest BCUT2D eigenvalue weighted by Gasteiger charge is -2.16. The lowest BCUT2D eigenvalue weighted by atomic mass is 10.2. The molecule has 0 bridgehead atoms. The van der Waals surface area contributed by atoms with E-state index in [0.29, 0.717) is 17.7 Å². The van der Waals surface area contributed by atoms with Gasteiger partial charge in [-0.1, -0.05) is 19.1 Å². The summed E-state index contributed by atoms with van der Waals surface area (Å²) < 4.78 is 5.26. The predicted molar refractivity (Wildman–Crippen MR) is 83.5 cm³/mol. The van der Waals surface area contributed by atoms with E-state index >= 15 is 0 Å². The molecule has 1 heterocycles. The van der Waals surface area contributed by atoms with E-state index in [1.807, 2.05) is 25.1 Å². The topological polar surface area (TPSA) is 68.3 Å². The van der Waals surface area contributed by atoms with Crippen molar-refractivity contribution in [2.75, 3.05) is 5.32 Å². The van der Waals surface area contributed by atoms with Gasteiger partial charge >= 0.3 is 5.97 Å². The average Bonchev–Trinajstić information content (AvgIpc) is 2.53. The number of rotatable bonds is 5. The van der Waals surface area contributed by atoms with Crippen LogP contribution in [0, 0.1) is 6.92 Å². The number of carbonyl (C=O) groups excluding carboxylic acids is 2. The number of benzene rings is 1. The van der Waals surface area contributed by atoms with Gasteiger partial charge in [-0.15, -0.1) is 0 Å². The van der Waals surface area contributed by atoms with E-state index in [9.17, 15) is 9.59 Å². The Balaban J connectivity index is 2.02. The number of hydrogen-bond acceptors (Lipinski definition) is 4. The maximum atomic E-state index is 12.2. The summed E-state index contributed by atoms with van der Waals surface area (Å²) in [5, 5.41) is 2.76. The Bertz CT molecular complexity index is 656. The molecule has 0 radical (unpaired) electrons. The predicted octanol–water partition coefficient (Wildman–Crippen LogP) is 2.96. The van der Waals surface area contributed by atoms with Crippen LogP contribution in [0.25, 0.3) is 0 Å². The molecule has 5 heteroatoms. The summed E-state index contributed by atoms with van der Waals surface area (Å²) in [5.41, 5.74) is 2.04. The normalized spacial score (nSPS) is 11.5. The summed E-state index contributed by atoms with van der Waals surface area (Å²) in [5.74, 6) is -0.898. The molecule has 5 nitrogen and oxygen atoms in total. The molecule has 114 valence electrons. The van der Waals surface area contributed by atoms with E-state index in [1.165, 1.54) is 6.20 Å². The van der Waals surface area contributed by atoms with Crippen molar-refractivity contribution in [2.45, 2.75) is 26.4 Å². The SMILES string of the molecule is CCC(OC(=O)c1cccnc1)C(=O)Nc1cccc(C)c1. The van der Waals surface area contributed by atoms with Crippen molar-refractivity contribution in [3.05, 3.63) is 59.9 Å². The third-order valence-electron chi connectivity index (χ3n) is 3.10. The summed E-state index contributed by atoms with van der Waals surface area (Å²) >= 11 is 0. The van der Waals surface area contributed by atoms with Crippen molar-refractivity contribution in [3.8, 4) is 0 Å². The second-order valence-corrected chi connectivity index (χ2v) is 4.90. The molecule has 1 aromatic carbocycles. The van der Waals surface area contributed by atoms with Gasteiger partial charge in [0, 0.05) is 18.1 Å². The maximum Gasteiger partial charge on any atom is 0.340 e. The average molecular weight is 298 g/mol. The molecule has 0 aliphatic carbocycles. The first kappa shape index (κ1) is 15.7. The largest absolute Gasteiger partial charge is 0.449 e. The highest BCUT2D eigenvalue weighted by molar-refractivity contribution is 5.97. The number of nitrogens with zero attached hydrogens (tertiary/aromatic N) is 1. The van der Waals surface area contributed by atoms with Gasteiger partial charge in [-0.2, -0.15) is 0 Å². The molecular weight excluding hydrogens is 280 g/mol. The molecule has 1 aromatic heterocycles. The zero-order chi connectivity index (χ0) is 15.9. The van der Waals surface area contributed by atoms with E-state index in [0.717, 1.165) is 5.56 Å². The van der Waals surface area contributed by atoms with Gasteiger partial charge in [0.15, 0.2) is 6.10 Å². The molecular formula is C17H18N2O3. The Morgan fingerprint density at radius 1 is 1.27 bits per heavy atom. The van der Waals surface area contributed by atoms with Crippen molar-refractivity contribution in [2.24, 2.45) is 0 Å². The molecule has 0 saturated heterocycles. The van der Waals surface area contributed by atoms with Gasteiger partial charge in [-0.05, 0) is 43.2 Å². The van der Waals surface area contributed by atoms with Crippen LogP contribution in [0.4, 0.5) is 5.69 Å². The number of esters is 1. The van der Waals surface area contributed by atoms with Gasteiger partial charge < -0.3 is 10.1 Å². The van der Waals surface area contributed by atoms with E-state index in [1.54, 1.807) is 31.3 Å². The summed E-state index contributed by atoms with van der Waals surface area (Å²) in [6, 6.07) is 10.7. The van der Waals surface area contributed by atoms with Crippen LogP contribution in [0.5, 0.6) is 0 Å². The minimum atomic E-state index is -0.840. The number of anilines is 1. The summed E-state index contributed by atoms with van der Waals surface area (Å²) in [7, 11) is 0. The second-order valence-electron chi connectivity index (χ2n) is 4.90. The molecule has 0 aliphatic rings. The van der Waals surface area contributed by atoms with Crippen molar-refractivity contribution in [1.29, 1.82) is 0 Å². The number of aromatic nitrogens is 1. The van der Waals surface area contributed by atoms with Crippen molar-refractivity contribution in [3.63, 3.8) is 0 Å². The van der Waals surface area contributed by atoms with Crippen molar-refractivity contribution >= 4 is 17.6 Å². The number of pyridine rings is 1. The summed E-state index contributed by atoms with van der Waals surface area (Å²) in [6.07, 6.45) is 2.53. The quantitative estimate of drug-likeness (QED) is 0.862. The molecule has 2 aromatic rings. The van der Waals surface area contributed by atoms with Crippen LogP contribution in [0.15, 0.2) is 48.8 Å². The Hall–Kier alpha value is -2.69. The monoisotopic (exact) mass is 298 g/mol. The lowest BCUT2D eigenvalue weighted by Crippen LogP contribution is -2.32. The van der Waals surface area contributed by atoms with E-state index in [4.69, 9.17) is 4.74 Å². The number of aryl methyl sites for hydroxylation is 1. The first-order valence-electron chi connectivity index (χ1n) is 7.08. The Morgan fingerprint density at radius 2 is 2.09 bits per heavy atom. The van der Waals surface area contributed by atoms with Gasteiger partial charge in [-0.25, -0.2) is 4.79 Å². The smallest absolute Gasteiger partial charge is 0.340 e. The van der Waals surface area contributed by atoms with Crippen LogP contribution in [-0.4, -0.2) is 23.0 Å². The van der Waals surface area contributed by atoms with Crippen LogP contribution < -0.4 is 5.32 Å². The van der Waals surface area contributed by atoms with E-state index < -0.39 is 12.1 Å². The zero-order valence-corrected chi connectivity index (χ0v) is 12.6. The lowest BCUT2D eigenvalue weighted by molar-refractivity contribution is -0.124. The minimum Gasteiger partial charge on any atom is -0.449 e. The first-order chi connectivity index (χ1) is 10.6. The molecule has 1 N–H and O–H groups in total. The van der Waals surface area contributed by atoms with E-state index in [-0.39, 0.29) is 5.91 Å². The Labute approximate surface area is 129 Å². The minimum absolute atomic E-state index is 0.323. The van der Waals surface area contributed by atoms with Crippen LogP contribution >= 0.6 is 0 Å². The van der Waals surface area contributed by atoms with Crippen LogP contribution in [-0.2, 0) is 9.53 Å².